The van der Waals surface area contributed by atoms with E-state index in [0.29, 0.717) is 0 Å². The van der Waals surface area contributed by atoms with Crippen LogP contribution < -0.4 is 9.46 Å². The third kappa shape index (κ3) is 2.97. The van der Waals surface area contributed by atoms with Crippen LogP contribution in [0.4, 0.5) is 0 Å². The first-order valence-corrected chi connectivity index (χ1v) is 7.28. The topological polar surface area (TPSA) is 72.5 Å². The van der Waals surface area contributed by atoms with Crippen LogP contribution >= 0.6 is 0 Å². The maximum Gasteiger partial charge on any atom is 0.268 e. The number of sulfonamides is 1. The maximum absolute atomic E-state index is 12.2. The first-order valence-electron chi connectivity index (χ1n) is 5.80. The number of nitrogens with one attached hydrogen (secondary N) is 1. The molecule has 0 aliphatic rings. The van der Waals surface area contributed by atoms with E-state index in [9.17, 15) is 13.2 Å². The average Bonchev–Trinajstić information content (AvgIpc) is 2.47. The van der Waals surface area contributed by atoms with Crippen molar-refractivity contribution in [3.8, 4) is 5.75 Å². The largest absolute Gasteiger partial charge is 0.495 e. The highest BCUT2D eigenvalue weighted by atomic mass is 32.2. The molecule has 6 heteroatoms. The molecule has 2 aromatic carbocycles. The van der Waals surface area contributed by atoms with E-state index in [4.69, 9.17) is 4.74 Å². The minimum atomic E-state index is -3.97. The molecule has 0 aromatic heterocycles. The second-order valence-electron chi connectivity index (χ2n) is 3.95. The number of amides is 1. The Labute approximate surface area is 117 Å². The molecule has 0 spiro atoms. The quantitative estimate of drug-likeness (QED) is 0.932. The fourth-order valence-corrected chi connectivity index (χ4v) is 2.81. The number of para-hydroxylation sites is 1. The summed E-state index contributed by atoms with van der Waals surface area (Å²) in [5.41, 5.74) is 0.269. The highest BCUT2D eigenvalue weighted by molar-refractivity contribution is 7.90. The number of carbonyl (C=O) groups is 1. The van der Waals surface area contributed by atoms with Crippen molar-refractivity contribution in [1.82, 2.24) is 4.72 Å². The molecule has 0 radical (unpaired) electrons. The second-order valence-corrected chi connectivity index (χ2v) is 5.60. The van der Waals surface area contributed by atoms with Crippen LogP contribution in [0.25, 0.3) is 0 Å². The lowest BCUT2D eigenvalue weighted by molar-refractivity contribution is 0.0981. The van der Waals surface area contributed by atoms with Crippen LogP contribution in [-0.4, -0.2) is 21.4 Å². The highest BCUT2D eigenvalue weighted by Gasteiger charge is 2.22. The Morgan fingerprint density at radius 1 is 1.00 bits per heavy atom. The number of rotatable bonds is 4. The Bertz CT molecular complexity index is 711. The molecule has 0 bridgehead atoms. The van der Waals surface area contributed by atoms with Crippen LogP contribution in [0.3, 0.4) is 0 Å². The summed E-state index contributed by atoms with van der Waals surface area (Å²) in [6.07, 6.45) is 0. The van der Waals surface area contributed by atoms with Gasteiger partial charge in [0.2, 0.25) is 0 Å². The zero-order valence-corrected chi connectivity index (χ0v) is 11.6. The molecule has 0 unspecified atom stereocenters. The fraction of sp³-hybridized carbons (Fsp3) is 0.0714. The predicted molar refractivity (Wildman–Crippen MR) is 74.1 cm³/mol. The van der Waals surface area contributed by atoms with E-state index in [2.05, 4.69) is 0 Å². The van der Waals surface area contributed by atoms with Crippen molar-refractivity contribution in [2.45, 2.75) is 4.90 Å². The summed E-state index contributed by atoms with van der Waals surface area (Å²) >= 11 is 0. The average molecular weight is 291 g/mol. The molecule has 1 N–H and O–H groups in total. The Hall–Kier alpha value is -2.34. The van der Waals surface area contributed by atoms with Gasteiger partial charge in [-0.15, -0.1) is 0 Å². The van der Waals surface area contributed by atoms with E-state index < -0.39 is 15.9 Å². The number of methoxy groups -OCH3 is 1. The van der Waals surface area contributed by atoms with Crippen molar-refractivity contribution >= 4 is 15.9 Å². The molecule has 5 nitrogen and oxygen atoms in total. The Morgan fingerprint density at radius 3 is 2.25 bits per heavy atom. The van der Waals surface area contributed by atoms with E-state index in [-0.39, 0.29) is 16.2 Å². The number of carbonyl (C=O) groups excluding carboxylic acids is 1. The van der Waals surface area contributed by atoms with Gasteiger partial charge in [-0.2, -0.15) is 0 Å². The van der Waals surface area contributed by atoms with Crippen molar-refractivity contribution in [3.63, 3.8) is 0 Å². The first kappa shape index (κ1) is 14.1. The van der Waals surface area contributed by atoms with Crippen LogP contribution in [-0.2, 0) is 10.0 Å². The molecular weight excluding hydrogens is 278 g/mol. The molecule has 0 aliphatic carbocycles. The molecule has 1 amide bonds. The minimum Gasteiger partial charge on any atom is -0.495 e. The van der Waals surface area contributed by atoms with Gasteiger partial charge in [0.05, 0.1) is 7.11 Å². The molecule has 2 aromatic rings. The molecule has 0 saturated carbocycles. The second kappa shape index (κ2) is 5.75. The molecule has 2 rings (SSSR count). The molecular formula is C14H13NO4S. The molecule has 0 fully saturated rings. The summed E-state index contributed by atoms with van der Waals surface area (Å²) in [6.45, 7) is 0. The number of hydrogen-bond acceptors (Lipinski definition) is 4. The number of hydrogen-bond donors (Lipinski definition) is 1. The summed E-state index contributed by atoms with van der Waals surface area (Å²) in [5, 5.41) is 0. The van der Waals surface area contributed by atoms with Crippen molar-refractivity contribution in [3.05, 3.63) is 60.2 Å². The summed E-state index contributed by atoms with van der Waals surface area (Å²) < 4.78 is 31.4. The molecule has 0 atom stereocenters. The Kier molecular flexibility index (Phi) is 4.05. The van der Waals surface area contributed by atoms with Crippen LogP contribution in [0.5, 0.6) is 5.75 Å². The standard InChI is InChI=1S/C14H13NO4S/c1-19-12-9-5-6-10-13(12)20(17,18)15-14(16)11-7-3-2-4-8-11/h2-10H,1H3,(H,15,16). The van der Waals surface area contributed by atoms with Crippen LogP contribution in [0, 0.1) is 0 Å². The molecule has 20 heavy (non-hydrogen) atoms. The van der Waals surface area contributed by atoms with E-state index in [1.807, 2.05) is 4.72 Å². The zero-order valence-electron chi connectivity index (χ0n) is 10.7. The van der Waals surface area contributed by atoms with E-state index >= 15 is 0 Å². The molecule has 0 saturated heterocycles. The van der Waals surface area contributed by atoms with Gasteiger partial charge in [-0.3, -0.25) is 4.79 Å². The van der Waals surface area contributed by atoms with Gasteiger partial charge in [-0.05, 0) is 24.3 Å². The van der Waals surface area contributed by atoms with Crippen molar-refractivity contribution in [1.29, 1.82) is 0 Å². The zero-order chi connectivity index (χ0) is 14.6. The molecule has 0 aliphatic heterocycles. The number of ether oxygens (including phenoxy) is 1. The molecule has 0 heterocycles. The van der Waals surface area contributed by atoms with Gasteiger partial charge in [-0.1, -0.05) is 30.3 Å². The summed E-state index contributed by atoms with van der Waals surface area (Å²) in [4.78, 5) is 11.8. The third-order valence-corrected chi connectivity index (χ3v) is 3.99. The van der Waals surface area contributed by atoms with Crippen molar-refractivity contribution in [2.75, 3.05) is 7.11 Å². The van der Waals surface area contributed by atoms with Gasteiger partial charge in [0.1, 0.15) is 10.6 Å². The van der Waals surface area contributed by atoms with Crippen molar-refractivity contribution in [2.24, 2.45) is 0 Å². The van der Waals surface area contributed by atoms with Gasteiger partial charge in [0.25, 0.3) is 15.9 Å². The SMILES string of the molecule is COc1ccccc1S(=O)(=O)NC(=O)c1ccccc1. The van der Waals surface area contributed by atoms with Gasteiger partial charge in [0.15, 0.2) is 0 Å². The van der Waals surface area contributed by atoms with Crippen molar-refractivity contribution < 1.29 is 17.9 Å². The number of benzene rings is 2. The third-order valence-electron chi connectivity index (χ3n) is 2.62. The summed E-state index contributed by atoms with van der Waals surface area (Å²) in [5.74, 6) is -0.502. The normalized spacial score (nSPS) is 10.8. The van der Waals surface area contributed by atoms with Crippen LogP contribution in [0.15, 0.2) is 59.5 Å². The smallest absolute Gasteiger partial charge is 0.268 e. The predicted octanol–water partition coefficient (Wildman–Crippen LogP) is 1.81. The van der Waals surface area contributed by atoms with Gasteiger partial charge < -0.3 is 4.74 Å². The molecule has 104 valence electrons. The van der Waals surface area contributed by atoms with Gasteiger partial charge in [-0.25, -0.2) is 13.1 Å². The van der Waals surface area contributed by atoms with Crippen LogP contribution in [0.2, 0.25) is 0 Å². The summed E-state index contributed by atoms with van der Waals surface area (Å²) in [7, 11) is -2.61. The highest BCUT2D eigenvalue weighted by Crippen LogP contribution is 2.22. The van der Waals surface area contributed by atoms with E-state index in [1.165, 1.54) is 31.4 Å². The van der Waals surface area contributed by atoms with E-state index in [1.54, 1.807) is 30.3 Å². The monoisotopic (exact) mass is 291 g/mol. The Balaban J connectivity index is 2.30. The Morgan fingerprint density at radius 2 is 1.60 bits per heavy atom. The van der Waals surface area contributed by atoms with E-state index in [0.717, 1.165) is 0 Å². The summed E-state index contributed by atoms with van der Waals surface area (Å²) in [6, 6.07) is 14.2. The fourth-order valence-electron chi connectivity index (χ4n) is 1.67. The lowest BCUT2D eigenvalue weighted by Crippen LogP contribution is -2.30. The lowest BCUT2D eigenvalue weighted by Gasteiger charge is -2.10. The first-order chi connectivity index (χ1) is 9.54. The minimum absolute atomic E-state index is 0.0771. The van der Waals surface area contributed by atoms with Crippen LogP contribution in [0.1, 0.15) is 10.4 Å². The maximum atomic E-state index is 12.2. The van der Waals surface area contributed by atoms with Gasteiger partial charge >= 0.3 is 0 Å². The lowest BCUT2D eigenvalue weighted by atomic mass is 10.2. The van der Waals surface area contributed by atoms with Gasteiger partial charge in [0, 0.05) is 5.56 Å².